The molecule has 2 nitrogen and oxygen atoms in total. The minimum Gasteiger partial charge on any atom is -0.496 e. The van der Waals surface area contributed by atoms with Crippen LogP contribution in [0.4, 0.5) is 8.78 Å². The molecule has 20 heavy (non-hydrogen) atoms. The standard InChI is InChI=1S/C16H16F2O2/c1-10-9-11(17)7-8-12(10)16(2,19)15-13(18)5-4-6-14(15)20-3/h4-9,19H,1-3H3. The highest BCUT2D eigenvalue weighted by atomic mass is 19.1. The minimum atomic E-state index is -1.62. The van der Waals surface area contributed by atoms with Crippen LogP contribution in [-0.4, -0.2) is 12.2 Å². The minimum absolute atomic E-state index is 0.0391. The highest BCUT2D eigenvalue weighted by molar-refractivity contribution is 5.47. The third kappa shape index (κ3) is 2.39. The van der Waals surface area contributed by atoms with E-state index in [0.29, 0.717) is 11.1 Å². The molecule has 0 saturated heterocycles. The highest BCUT2D eigenvalue weighted by Gasteiger charge is 2.33. The van der Waals surface area contributed by atoms with E-state index < -0.39 is 17.2 Å². The van der Waals surface area contributed by atoms with E-state index in [1.54, 1.807) is 13.0 Å². The van der Waals surface area contributed by atoms with Crippen LogP contribution in [0, 0.1) is 18.6 Å². The van der Waals surface area contributed by atoms with Gasteiger partial charge in [0.05, 0.1) is 12.7 Å². The molecule has 1 unspecified atom stereocenters. The molecule has 0 saturated carbocycles. The second-order valence-corrected chi connectivity index (χ2v) is 4.85. The van der Waals surface area contributed by atoms with Crippen LogP contribution in [0.25, 0.3) is 0 Å². The summed E-state index contributed by atoms with van der Waals surface area (Å²) in [4.78, 5) is 0. The van der Waals surface area contributed by atoms with Gasteiger partial charge < -0.3 is 9.84 Å². The van der Waals surface area contributed by atoms with Crippen molar-refractivity contribution in [1.29, 1.82) is 0 Å². The van der Waals surface area contributed by atoms with Gasteiger partial charge in [-0.1, -0.05) is 12.1 Å². The first kappa shape index (κ1) is 14.5. The van der Waals surface area contributed by atoms with Crippen LogP contribution in [0.15, 0.2) is 36.4 Å². The van der Waals surface area contributed by atoms with Gasteiger partial charge in [-0.25, -0.2) is 8.78 Å². The Morgan fingerprint density at radius 1 is 1.15 bits per heavy atom. The summed E-state index contributed by atoms with van der Waals surface area (Å²) in [5, 5.41) is 10.8. The lowest BCUT2D eigenvalue weighted by molar-refractivity contribution is 0.0937. The van der Waals surface area contributed by atoms with Gasteiger partial charge in [0.15, 0.2) is 0 Å². The lowest BCUT2D eigenvalue weighted by Crippen LogP contribution is -2.26. The monoisotopic (exact) mass is 278 g/mol. The lowest BCUT2D eigenvalue weighted by atomic mass is 9.84. The quantitative estimate of drug-likeness (QED) is 0.930. The lowest BCUT2D eigenvalue weighted by Gasteiger charge is -2.28. The predicted octanol–water partition coefficient (Wildman–Crippen LogP) is 3.54. The predicted molar refractivity (Wildman–Crippen MR) is 72.8 cm³/mol. The number of aryl methyl sites for hydroxylation is 1. The molecule has 2 aromatic carbocycles. The van der Waals surface area contributed by atoms with Crippen molar-refractivity contribution in [3.8, 4) is 5.75 Å². The number of benzene rings is 2. The fraction of sp³-hybridized carbons (Fsp3) is 0.250. The van der Waals surface area contributed by atoms with Gasteiger partial charge in [-0.15, -0.1) is 0 Å². The Morgan fingerprint density at radius 2 is 1.85 bits per heavy atom. The van der Waals surface area contributed by atoms with Gasteiger partial charge in [0.2, 0.25) is 0 Å². The van der Waals surface area contributed by atoms with Crippen molar-refractivity contribution < 1.29 is 18.6 Å². The number of hydrogen-bond acceptors (Lipinski definition) is 2. The number of rotatable bonds is 3. The highest BCUT2D eigenvalue weighted by Crippen LogP contribution is 2.38. The van der Waals surface area contributed by atoms with Crippen LogP contribution in [0.1, 0.15) is 23.6 Å². The SMILES string of the molecule is COc1cccc(F)c1C(C)(O)c1ccc(F)cc1C. The third-order valence-corrected chi connectivity index (χ3v) is 3.40. The molecule has 0 bridgehead atoms. The Kier molecular flexibility index (Phi) is 3.77. The molecule has 2 rings (SSSR count). The Hall–Kier alpha value is -1.94. The second-order valence-electron chi connectivity index (χ2n) is 4.85. The molecule has 0 aromatic heterocycles. The van der Waals surface area contributed by atoms with Gasteiger partial charge in [0, 0.05) is 0 Å². The van der Waals surface area contributed by atoms with Crippen molar-refractivity contribution in [2.75, 3.05) is 7.11 Å². The molecule has 0 amide bonds. The zero-order valence-corrected chi connectivity index (χ0v) is 11.6. The van der Waals surface area contributed by atoms with Crippen molar-refractivity contribution in [1.82, 2.24) is 0 Å². The van der Waals surface area contributed by atoms with E-state index in [1.807, 2.05) is 0 Å². The van der Waals surface area contributed by atoms with Gasteiger partial charge in [-0.3, -0.25) is 0 Å². The van der Waals surface area contributed by atoms with E-state index in [-0.39, 0.29) is 11.3 Å². The van der Waals surface area contributed by atoms with Crippen molar-refractivity contribution >= 4 is 0 Å². The van der Waals surface area contributed by atoms with E-state index in [9.17, 15) is 13.9 Å². The first-order chi connectivity index (χ1) is 9.37. The molecule has 0 aliphatic rings. The average Bonchev–Trinajstić information content (AvgIpc) is 2.37. The van der Waals surface area contributed by atoms with Crippen molar-refractivity contribution in [3.63, 3.8) is 0 Å². The fourth-order valence-electron chi connectivity index (χ4n) is 2.45. The van der Waals surface area contributed by atoms with Crippen molar-refractivity contribution in [2.24, 2.45) is 0 Å². The van der Waals surface area contributed by atoms with Crippen LogP contribution in [0.3, 0.4) is 0 Å². The van der Waals surface area contributed by atoms with Gasteiger partial charge in [-0.2, -0.15) is 0 Å². The molecule has 106 valence electrons. The Balaban J connectivity index is 2.66. The molecule has 1 atom stereocenters. The Labute approximate surface area is 116 Å². The summed E-state index contributed by atoms with van der Waals surface area (Å²) < 4.78 is 32.4. The summed E-state index contributed by atoms with van der Waals surface area (Å²) in [6.07, 6.45) is 0. The third-order valence-electron chi connectivity index (χ3n) is 3.40. The maximum atomic E-state index is 14.1. The smallest absolute Gasteiger partial charge is 0.133 e. The molecule has 0 radical (unpaired) electrons. The van der Waals surface area contributed by atoms with Crippen LogP contribution in [0.5, 0.6) is 5.75 Å². The summed E-state index contributed by atoms with van der Waals surface area (Å²) >= 11 is 0. The molecule has 0 spiro atoms. The van der Waals surface area contributed by atoms with Gasteiger partial charge in [0.25, 0.3) is 0 Å². The molecule has 2 aromatic rings. The first-order valence-electron chi connectivity index (χ1n) is 6.20. The molecule has 1 N–H and O–H groups in total. The van der Waals surface area contributed by atoms with E-state index in [0.717, 1.165) is 0 Å². The number of methoxy groups -OCH3 is 1. The molecule has 0 heterocycles. The molecule has 4 heteroatoms. The van der Waals surface area contributed by atoms with E-state index in [1.165, 1.54) is 44.4 Å². The Bertz CT molecular complexity index is 636. The summed E-state index contributed by atoms with van der Waals surface area (Å²) in [5.74, 6) is -0.723. The maximum Gasteiger partial charge on any atom is 0.133 e. The maximum absolute atomic E-state index is 14.1. The number of hydrogen-bond donors (Lipinski definition) is 1. The molecular formula is C16H16F2O2. The first-order valence-corrected chi connectivity index (χ1v) is 6.20. The van der Waals surface area contributed by atoms with E-state index in [2.05, 4.69) is 0 Å². The molecule has 0 fully saturated rings. The fourth-order valence-corrected chi connectivity index (χ4v) is 2.45. The summed E-state index contributed by atoms with van der Waals surface area (Å²) in [7, 11) is 1.41. The zero-order valence-electron chi connectivity index (χ0n) is 11.6. The normalized spacial score (nSPS) is 13.9. The molecule has 0 aliphatic heterocycles. The number of ether oxygens (including phenoxy) is 1. The van der Waals surface area contributed by atoms with Crippen LogP contribution >= 0.6 is 0 Å². The van der Waals surface area contributed by atoms with Crippen molar-refractivity contribution in [3.05, 3.63) is 64.7 Å². The van der Waals surface area contributed by atoms with Crippen LogP contribution < -0.4 is 4.74 Å². The Morgan fingerprint density at radius 3 is 2.45 bits per heavy atom. The second kappa shape index (κ2) is 5.21. The van der Waals surface area contributed by atoms with Gasteiger partial charge in [-0.05, 0) is 49.2 Å². The zero-order chi connectivity index (χ0) is 14.9. The van der Waals surface area contributed by atoms with E-state index in [4.69, 9.17) is 4.74 Å². The number of aliphatic hydroxyl groups is 1. The molecular weight excluding hydrogens is 262 g/mol. The summed E-state index contributed by atoms with van der Waals surface area (Å²) in [6.45, 7) is 3.13. The molecule has 0 aliphatic carbocycles. The van der Waals surface area contributed by atoms with Gasteiger partial charge >= 0.3 is 0 Å². The van der Waals surface area contributed by atoms with Crippen molar-refractivity contribution in [2.45, 2.75) is 19.4 Å². The van der Waals surface area contributed by atoms with Gasteiger partial charge in [0.1, 0.15) is 23.0 Å². The number of halogens is 2. The summed E-state index contributed by atoms with van der Waals surface area (Å²) in [6, 6.07) is 8.33. The summed E-state index contributed by atoms with van der Waals surface area (Å²) in [5.41, 5.74) is -0.603. The van der Waals surface area contributed by atoms with Crippen LogP contribution in [0.2, 0.25) is 0 Å². The van der Waals surface area contributed by atoms with Crippen LogP contribution in [-0.2, 0) is 5.60 Å². The van der Waals surface area contributed by atoms with E-state index >= 15 is 0 Å². The average molecular weight is 278 g/mol. The largest absolute Gasteiger partial charge is 0.496 e. The topological polar surface area (TPSA) is 29.5 Å².